The molecule has 0 saturated heterocycles. The standard InChI is InChI=1S/C20H21NO5S/c1-13(22)12-27-18-11-7-4-8-15(18)20(24)26-14(2)19(23)21-16-9-5-6-10-17(16)25-3/h4-11,14H,12H2,1-3H3,(H,21,23)/t14-/m0/s1. The molecule has 0 aliphatic carbocycles. The molecule has 0 heterocycles. The van der Waals surface area contributed by atoms with E-state index in [2.05, 4.69) is 5.32 Å². The fraction of sp³-hybridized carbons (Fsp3) is 0.250. The molecule has 0 aromatic heterocycles. The smallest absolute Gasteiger partial charge is 0.340 e. The van der Waals surface area contributed by atoms with Crippen molar-refractivity contribution in [3.8, 4) is 5.75 Å². The quantitative estimate of drug-likeness (QED) is 0.551. The van der Waals surface area contributed by atoms with Crippen LogP contribution in [0.25, 0.3) is 0 Å². The minimum atomic E-state index is -1.01. The summed E-state index contributed by atoms with van der Waals surface area (Å²) in [7, 11) is 1.50. The number of para-hydroxylation sites is 2. The number of ketones is 1. The van der Waals surface area contributed by atoms with E-state index in [0.29, 0.717) is 21.9 Å². The molecule has 0 fully saturated rings. The first-order chi connectivity index (χ1) is 12.9. The third kappa shape index (κ3) is 5.86. The number of anilines is 1. The van der Waals surface area contributed by atoms with Crippen LogP contribution < -0.4 is 10.1 Å². The monoisotopic (exact) mass is 387 g/mol. The molecule has 27 heavy (non-hydrogen) atoms. The van der Waals surface area contributed by atoms with Crippen molar-refractivity contribution < 1.29 is 23.9 Å². The number of esters is 1. The third-order valence-electron chi connectivity index (χ3n) is 3.56. The van der Waals surface area contributed by atoms with Gasteiger partial charge in [-0.2, -0.15) is 0 Å². The maximum absolute atomic E-state index is 12.5. The lowest BCUT2D eigenvalue weighted by atomic mass is 10.2. The van der Waals surface area contributed by atoms with Crippen LogP contribution in [0.4, 0.5) is 5.69 Å². The topological polar surface area (TPSA) is 81.7 Å². The van der Waals surface area contributed by atoms with E-state index in [0.717, 1.165) is 0 Å². The van der Waals surface area contributed by atoms with Crippen molar-refractivity contribution in [3.05, 3.63) is 54.1 Å². The molecule has 142 valence electrons. The Hall–Kier alpha value is -2.80. The zero-order chi connectivity index (χ0) is 19.8. The maximum atomic E-state index is 12.5. The highest BCUT2D eigenvalue weighted by Crippen LogP contribution is 2.25. The van der Waals surface area contributed by atoms with Gasteiger partial charge in [-0.25, -0.2) is 4.79 Å². The number of methoxy groups -OCH3 is 1. The lowest BCUT2D eigenvalue weighted by Gasteiger charge is -2.16. The number of nitrogens with one attached hydrogen (secondary N) is 1. The highest BCUT2D eigenvalue weighted by atomic mass is 32.2. The summed E-state index contributed by atoms with van der Waals surface area (Å²) in [6, 6.07) is 13.8. The molecular weight excluding hydrogens is 366 g/mol. The molecule has 0 aliphatic heterocycles. The third-order valence-corrected chi connectivity index (χ3v) is 4.77. The van der Waals surface area contributed by atoms with Crippen LogP contribution in [0.3, 0.4) is 0 Å². The van der Waals surface area contributed by atoms with Crippen molar-refractivity contribution in [2.24, 2.45) is 0 Å². The van der Waals surface area contributed by atoms with Gasteiger partial charge < -0.3 is 14.8 Å². The fourth-order valence-electron chi connectivity index (χ4n) is 2.20. The molecular formula is C20H21NO5S. The van der Waals surface area contributed by atoms with Crippen LogP contribution in [-0.2, 0) is 14.3 Å². The van der Waals surface area contributed by atoms with Gasteiger partial charge in [0, 0.05) is 4.90 Å². The number of amides is 1. The van der Waals surface area contributed by atoms with E-state index in [1.807, 2.05) is 0 Å². The predicted molar refractivity (Wildman–Crippen MR) is 104 cm³/mol. The van der Waals surface area contributed by atoms with Crippen molar-refractivity contribution in [1.29, 1.82) is 0 Å². The molecule has 2 aromatic rings. The Balaban J connectivity index is 2.05. The first-order valence-corrected chi connectivity index (χ1v) is 9.27. The largest absolute Gasteiger partial charge is 0.495 e. The van der Waals surface area contributed by atoms with Crippen LogP contribution in [0, 0.1) is 0 Å². The molecule has 7 heteroatoms. The number of carbonyl (C=O) groups excluding carboxylic acids is 3. The molecule has 2 aromatic carbocycles. The molecule has 1 N–H and O–H groups in total. The van der Waals surface area contributed by atoms with Crippen LogP contribution in [-0.4, -0.2) is 36.6 Å². The van der Waals surface area contributed by atoms with Gasteiger partial charge in [-0.1, -0.05) is 24.3 Å². The minimum Gasteiger partial charge on any atom is -0.495 e. The van der Waals surface area contributed by atoms with E-state index in [1.54, 1.807) is 48.5 Å². The maximum Gasteiger partial charge on any atom is 0.340 e. The summed E-state index contributed by atoms with van der Waals surface area (Å²) in [6.07, 6.45) is -1.01. The number of benzene rings is 2. The molecule has 0 saturated carbocycles. The summed E-state index contributed by atoms with van der Waals surface area (Å²) in [5.41, 5.74) is 0.811. The van der Waals surface area contributed by atoms with Gasteiger partial charge in [0.05, 0.1) is 24.1 Å². The number of carbonyl (C=O) groups is 3. The zero-order valence-corrected chi connectivity index (χ0v) is 16.2. The van der Waals surface area contributed by atoms with E-state index >= 15 is 0 Å². The number of Topliss-reactive ketones (excluding diaryl/α,β-unsaturated/α-hetero) is 1. The lowest BCUT2D eigenvalue weighted by molar-refractivity contribution is -0.123. The van der Waals surface area contributed by atoms with Crippen LogP contribution in [0.1, 0.15) is 24.2 Å². The molecule has 1 atom stereocenters. The van der Waals surface area contributed by atoms with E-state index in [1.165, 1.54) is 32.7 Å². The summed E-state index contributed by atoms with van der Waals surface area (Å²) in [6.45, 7) is 2.98. The first-order valence-electron chi connectivity index (χ1n) is 8.28. The summed E-state index contributed by atoms with van der Waals surface area (Å²) >= 11 is 1.26. The Morgan fingerprint density at radius 3 is 2.44 bits per heavy atom. The SMILES string of the molecule is COc1ccccc1NC(=O)[C@H](C)OC(=O)c1ccccc1SCC(C)=O. The molecule has 0 spiro atoms. The first kappa shape index (κ1) is 20.5. The minimum absolute atomic E-state index is 0.00715. The molecule has 0 unspecified atom stereocenters. The lowest BCUT2D eigenvalue weighted by Crippen LogP contribution is -2.30. The average Bonchev–Trinajstić information content (AvgIpc) is 2.66. The number of hydrogen-bond acceptors (Lipinski definition) is 6. The second-order valence-corrected chi connectivity index (χ2v) is 6.74. The van der Waals surface area contributed by atoms with Gasteiger partial charge in [0.25, 0.3) is 5.91 Å². The van der Waals surface area contributed by atoms with Crippen LogP contribution in [0.15, 0.2) is 53.4 Å². The van der Waals surface area contributed by atoms with Crippen molar-refractivity contribution in [2.45, 2.75) is 24.8 Å². The zero-order valence-electron chi connectivity index (χ0n) is 15.4. The molecule has 6 nitrogen and oxygen atoms in total. The van der Waals surface area contributed by atoms with Crippen LogP contribution >= 0.6 is 11.8 Å². The van der Waals surface area contributed by atoms with Gasteiger partial charge in [0.1, 0.15) is 11.5 Å². The fourth-order valence-corrected chi connectivity index (χ4v) is 3.04. The van der Waals surface area contributed by atoms with E-state index < -0.39 is 18.0 Å². The van der Waals surface area contributed by atoms with Gasteiger partial charge in [-0.15, -0.1) is 11.8 Å². The Kier molecular flexibility index (Phi) is 7.43. The van der Waals surface area contributed by atoms with Gasteiger partial charge in [0.2, 0.25) is 0 Å². The summed E-state index contributed by atoms with van der Waals surface area (Å²) < 4.78 is 10.5. The summed E-state index contributed by atoms with van der Waals surface area (Å²) in [5, 5.41) is 2.68. The summed E-state index contributed by atoms with van der Waals surface area (Å²) in [5.74, 6) is -0.317. The van der Waals surface area contributed by atoms with Crippen molar-refractivity contribution in [3.63, 3.8) is 0 Å². The van der Waals surface area contributed by atoms with E-state index in [9.17, 15) is 14.4 Å². The van der Waals surface area contributed by atoms with E-state index in [4.69, 9.17) is 9.47 Å². The van der Waals surface area contributed by atoms with Gasteiger partial charge in [0.15, 0.2) is 6.10 Å². The molecule has 0 aliphatic rings. The van der Waals surface area contributed by atoms with Gasteiger partial charge in [-0.05, 0) is 38.1 Å². The number of rotatable bonds is 8. The Labute approximate surface area is 162 Å². The second kappa shape index (κ2) is 9.78. The Bertz CT molecular complexity index is 837. The second-order valence-electron chi connectivity index (χ2n) is 5.72. The highest BCUT2D eigenvalue weighted by molar-refractivity contribution is 8.00. The number of thioether (sulfide) groups is 1. The number of hydrogen-bond donors (Lipinski definition) is 1. The molecule has 0 radical (unpaired) electrons. The molecule has 1 amide bonds. The molecule has 0 bridgehead atoms. The summed E-state index contributed by atoms with van der Waals surface area (Å²) in [4.78, 5) is 36.7. The highest BCUT2D eigenvalue weighted by Gasteiger charge is 2.21. The Morgan fingerprint density at radius 1 is 1.07 bits per heavy atom. The van der Waals surface area contributed by atoms with Crippen LogP contribution in [0.2, 0.25) is 0 Å². The normalized spacial score (nSPS) is 11.4. The van der Waals surface area contributed by atoms with E-state index in [-0.39, 0.29) is 11.5 Å². The van der Waals surface area contributed by atoms with Crippen LogP contribution in [0.5, 0.6) is 5.75 Å². The van der Waals surface area contributed by atoms with Gasteiger partial charge >= 0.3 is 5.97 Å². The van der Waals surface area contributed by atoms with Crippen molar-refractivity contribution >= 4 is 35.1 Å². The number of ether oxygens (including phenoxy) is 2. The predicted octanol–water partition coefficient (Wildman–Crippen LogP) is 3.56. The Morgan fingerprint density at radius 2 is 1.74 bits per heavy atom. The van der Waals surface area contributed by atoms with Crippen molar-refractivity contribution in [1.82, 2.24) is 0 Å². The molecule has 2 rings (SSSR count). The average molecular weight is 387 g/mol. The van der Waals surface area contributed by atoms with Gasteiger partial charge in [-0.3, -0.25) is 9.59 Å². The van der Waals surface area contributed by atoms with Crippen molar-refractivity contribution in [2.75, 3.05) is 18.2 Å².